The quantitative estimate of drug-likeness (QED) is 0.817. The van der Waals surface area contributed by atoms with Crippen LogP contribution in [0.3, 0.4) is 0 Å². The summed E-state index contributed by atoms with van der Waals surface area (Å²) in [5.74, 6) is 0.478. The minimum Gasteiger partial charge on any atom is -0.491 e. The molecule has 126 valence electrons. The molecule has 5 heteroatoms. The van der Waals surface area contributed by atoms with Crippen molar-refractivity contribution in [3.8, 4) is 5.75 Å². The molecule has 0 aliphatic rings. The maximum Gasteiger partial charge on any atom is 0.257 e. The number of hydrogen-bond donors (Lipinski definition) is 2. The molecule has 0 saturated heterocycles. The van der Waals surface area contributed by atoms with E-state index in [4.69, 9.17) is 17.0 Å². The number of rotatable bonds is 4. The Balaban J connectivity index is 1.97. The van der Waals surface area contributed by atoms with Crippen molar-refractivity contribution in [1.29, 1.82) is 0 Å². The molecule has 4 nitrogen and oxygen atoms in total. The van der Waals surface area contributed by atoms with Crippen LogP contribution in [-0.4, -0.2) is 17.1 Å². The molecule has 0 radical (unpaired) electrons. The molecule has 0 atom stereocenters. The first kappa shape index (κ1) is 17.9. The second kappa shape index (κ2) is 7.93. The lowest BCUT2D eigenvalue weighted by Crippen LogP contribution is -2.34. The number of benzene rings is 2. The average Bonchev–Trinajstić information content (AvgIpc) is 2.50. The molecular weight excluding hydrogens is 320 g/mol. The lowest BCUT2D eigenvalue weighted by atomic mass is 10.1. The van der Waals surface area contributed by atoms with Crippen LogP contribution in [0.4, 0.5) is 5.69 Å². The third-order valence-electron chi connectivity index (χ3n) is 3.35. The molecule has 0 aliphatic heterocycles. The zero-order valence-corrected chi connectivity index (χ0v) is 15.2. The maximum atomic E-state index is 12.2. The van der Waals surface area contributed by atoms with Crippen LogP contribution in [0.5, 0.6) is 5.75 Å². The Morgan fingerprint density at radius 2 is 1.75 bits per heavy atom. The van der Waals surface area contributed by atoms with Gasteiger partial charge in [0.2, 0.25) is 0 Å². The molecule has 0 saturated carbocycles. The first-order chi connectivity index (χ1) is 11.3. The molecule has 2 aromatic rings. The van der Waals surface area contributed by atoms with Crippen molar-refractivity contribution in [3.05, 3.63) is 59.2 Å². The van der Waals surface area contributed by atoms with Gasteiger partial charge in [-0.3, -0.25) is 10.1 Å². The van der Waals surface area contributed by atoms with Crippen LogP contribution in [0, 0.1) is 13.8 Å². The molecule has 0 heterocycles. The summed E-state index contributed by atoms with van der Waals surface area (Å²) in [7, 11) is 0. The largest absolute Gasteiger partial charge is 0.491 e. The van der Waals surface area contributed by atoms with Crippen LogP contribution in [-0.2, 0) is 0 Å². The van der Waals surface area contributed by atoms with Gasteiger partial charge in [-0.15, -0.1) is 0 Å². The summed E-state index contributed by atoms with van der Waals surface area (Å²) in [5.41, 5.74) is 3.65. The van der Waals surface area contributed by atoms with E-state index in [0.717, 1.165) is 17.0 Å². The summed E-state index contributed by atoms with van der Waals surface area (Å²) in [5, 5.41) is 6.01. The highest BCUT2D eigenvalue weighted by Gasteiger charge is 2.09. The molecule has 2 aromatic carbocycles. The highest BCUT2D eigenvalue weighted by atomic mass is 32.1. The van der Waals surface area contributed by atoms with Gasteiger partial charge in [-0.1, -0.05) is 17.7 Å². The number of carbonyl (C=O) groups is 1. The lowest BCUT2D eigenvalue weighted by Gasteiger charge is -2.13. The number of ether oxygens (including phenoxy) is 1. The molecule has 0 spiro atoms. The lowest BCUT2D eigenvalue weighted by molar-refractivity contribution is 0.0977. The Morgan fingerprint density at radius 1 is 1.08 bits per heavy atom. The van der Waals surface area contributed by atoms with Gasteiger partial charge in [0.15, 0.2) is 5.11 Å². The van der Waals surface area contributed by atoms with Crippen LogP contribution in [0.2, 0.25) is 0 Å². The Labute approximate surface area is 148 Å². The van der Waals surface area contributed by atoms with E-state index in [1.54, 1.807) is 24.3 Å². The van der Waals surface area contributed by atoms with Crippen LogP contribution >= 0.6 is 12.2 Å². The molecular formula is C19H22N2O2S. The number of hydrogen-bond acceptors (Lipinski definition) is 3. The van der Waals surface area contributed by atoms with E-state index in [0.29, 0.717) is 5.56 Å². The van der Waals surface area contributed by atoms with Crippen molar-refractivity contribution in [3.63, 3.8) is 0 Å². The number of amides is 1. The predicted octanol–water partition coefficient (Wildman–Crippen LogP) is 4.22. The van der Waals surface area contributed by atoms with E-state index >= 15 is 0 Å². The van der Waals surface area contributed by atoms with Crippen molar-refractivity contribution in [2.24, 2.45) is 0 Å². The normalized spacial score (nSPS) is 10.4. The second-order valence-electron chi connectivity index (χ2n) is 5.92. The Morgan fingerprint density at radius 3 is 2.33 bits per heavy atom. The summed E-state index contributed by atoms with van der Waals surface area (Å²) >= 11 is 5.22. The number of aryl methyl sites for hydroxylation is 2. The van der Waals surface area contributed by atoms with Crippen LogP contribution in [0.15, 0.2) is 42.5 Å². The summed E-state index contributed by atoms with van der Waals surface area (Å²) < 4.78 is 5.56. The number of anilines is 1. The van der Waals surface area contributed by atoms with Crippen molar-refractivity contribution in [1.82, 2.24) is 5.32 Å². The van der Waals surface area contributed by atoms with Gasteiger partial charge in [-0.2, -0.15) is 0 Å². The molecule has 0 aromatic heterocycles. The fraction of sp³-hybridized carbons (Fsp3) is 0.263. The van der Waals surface area contributed by atoms with E-state index in [9.17, 15) is 4.79 Å². The monoisotopic (exact) mass is 342 g/mol. The third-order valence-corrected chi connectivity index (χ3v) is 3.55. The molecule has 1 amide bonds. The molecule has 0 unspecified atom stereocenters. The topological polar surface area (TPSA) is 50.4 Å². The number of nitrogens with one attached hydrogen (secondary N) is 2. The fourth-order valence-electron chi connectivity index (χ4n) is 2.24. The van der Waals surface area contributed by atoms with E-state index in [1.807, 2.05) is 39.8 Å². The number of thiocarbonyl (C=S) groups is 1. The highest BCUT2D eigenvalue weighted by molar-refractivity contribution is 7.80. The van der Waals surface area contributed by atoms with Gasteiger partial charge in [0.1, 0.15) is 5.75 Å². The van der Waals surface area contributed by atoms with Gasteiger partial charge in [0, 0.05) is 11.3 Å². The van der Waals surface area contributed by atoms with Gasteiger partial charge >= 0.3 is 0 Å². The SMILES string of the molecule is Cc1ccc(NC(=S)NC(=O)c2ccc(OC(C)C)cc2)c(C)c1. The van der Waals surface area contributed by atoms with Crippen LogP contribution in [0.25, 0.3) is 0 Å². The molecule has 2 rings (SSSR count). The van der Waals surface area contributed by atoms with Crippen molar-refractivity contribution in [2.75, 3.05) is 5.32 Å². The molecule has 2 N–H and O–H groups in total. The Bertz CT molecular complexity index is 740. The van der Waals surface area contributed by atoms with Gasteiger partial charge in [-0.05, 0) is 75.8 Å². The summed E-state index contributed by atoms with van der Waals surface area (Å²) in [6.07, 6.45) is 0.0965. The van der Waals surface area contributed by atoms with Gasteiger partial charge in [0.25, 0.3) is 5.91 Å². The minimum atomic E-state index is -0.256. The van der Waals surface area contributed by atoms with E-state index in [-0.39, 0.29) is 17.1 Å². The summed E-state index contributed by atoms with van der Waals surface area (Å²) in [4.78, 5) is 12.2. The fourth-order valence-corrected chi connectivity index (χ4v) is 2.44. The Hall–Kier alpha value is -2.40. The summed E-state index contributed by atoms with van der Waals surface area (Å²) in [6.45, 7) is 7.94. The van der Waals surface area contributed by atoms with Crippen LogP contribution in [0.1, 0.15) is 35.3 Å². The van der Waals surface area contributed by atoms with Gasteiger partial charge in [0.05, 0.1) is 6.10 Å². The van der Waals surface area contributed by atoms with E-state index in [1.165, 1.54) is 5.56 Å². The van der Waals surface area contributed by atoms with Gasteiger partial charge in [-0.25, -0.2) is 0 Å². The first-order valence-corrected chi connectivity index (χ1v) is 8.22. The van der Waals surface area contributed by atoms with E-state index < -0.39 is 0 Å². The molecule has 0 fully saturated rings. The Kier molecular flexibility index (Phi) is 5.93. The van der Waals surface area contributed by atoms with Crippen molar-refractivity contribution >= 4 is 28.9 Å². The third kappa shape index (κ3) is 5.06. The standard InChI is InChI=1S/C19H22N2O2S/c1-12(2)23-16-8-6-15(7-9-16)18(22)21-19(24)20-17-10-5-13(3)11-14(17)4/h5-12H,1-4H3,(H2,20,21,22,24). The van der Waals surface area contributed by atoms with Crippen molar-refractivity contribution < 1.29 is 9.53 Å². The second-order valence-corrected chi connectivity index (χ2v) is 6.33. The zero-order chi connectivity index (χ0) is 17.7. The minimum absolute atomic E-state index is 0.0965. The van der Waals surface area contributed by atoms with Crippen molar-refractivity contribution in [2.45, 2.75) is 33.8 Å². The average molecular weight is 342 g/mol. The number of carbonyl (C=O) groups excluding carboxylic acids is 1. The van der Waals surface area contributed by atoms with Gasteiger partial charge < -0.3 is 10.1 Å². The van der Waals surface area contributed by atoms with E-state index in [2.05, 4.69) is 16.7 Å². The molecule has 0 bridgehead atoms. The highest BCUT2D eigenvalue weighted by Crippen LogP contribution is 2.16. The zero-order valence-electron chi connectivity index (χ0n) is 14.3. The first-order valence-electron chi connectivity index (χ1n) is 7.81. The van der Waals surface area contributed by atoms with Crippen LogP contribution < -0.4 is 15.4 Å². The maximum absolute atomic E-state index is 12.2. The molecule has 24 heavy (non-hydrogen) atoms. The molecule has 0 aliphatic carbocycles. The predicted molar refractivity (Wildman–Crippen MR) is 102 cm³/mol. The smallest absolute Gasteiger partial charge is 0.257 e. The summed E-state index contributed by atoms with van der Waals surface area (Å²) in [6, 6.07) is 13.0.